The first-order valence-corrected chi connectivity index (χ1v) is 10.0. The van der Waals surface area contributed by atoms with Crippen LogP contribution in [-0.2, 0) is 22.6 Å². The van der Waals surface area contributed by atoms with E-state index >= 15 is 0 Å². The average Bonchev–Trinajstić information content (AvgIpc) is 3.01. The van der Waals surface area contributed by atoms with Gasteiger partial charge < -0.3 is 14.9 Å². The predicted molar refractivity (Wildman–Crippen MR) is 107 cm³/mol. The summed E-state index contributed by atoms with van der Waals surface area (Å²) in [5.41, 5.74) is 2.17. The minimum absolute atomic E-state index is 0.0833. The van der Waals surface area contributed by atoms with E-state index in [1.807, 2.05) is 52.3 Å². The zero-order valence-electron chi connectivity index (χ0n) is 16.0. The number of fused-ring (bicyclic) bond motifs is 4. The average molecular weight is 378 g/mol. The van der Waals surface area contributed by atoms with Gasteiger partial charge in [0.05, 0.1) is 5.92 Å². The molecule has 5 rings (SSSR count). The van der Waals surface area contributed by atoms with Crippen molar-refractivity contribution in [1.82, 2.24) is 9.80 Å². The Labute approximate surface area is 165 Å². The zero-order chi connectivity index (χ0) is 19.5. The molecular formula is C23H26N2O3. The van der Waals surface area contributed by atoms with Gasteiger partial charge in [-0.3, -0.25) is 9.59 Å². The van der Waals surface area contributed by atoms with Crippen LogP contribution in [0.4, 0.5) is 0 Å². The van der Waals surface area contributed by atoms with Crippen molar-refractivity contribution in [1.29, 1.82) is 0 Å². The number of aryl methyl sites for hydroxylation is 1. The smallest absolute Gasteiger partial charge is 0.228 e. The highest BCUT2D eigenvalue weighted by Gasteiger charge is 2.41. The van der Waals surface area contributed by atoms with Crippen LogP contribution in [0.5, 0.6) is 5.75 Å². The van der Waals surface area contributed by atoms with Crippen LogP contribution in [0.15, 0.2) is 54.6 Å². The summed E-state index contributed by atoms with van der Waals surface area (Å²) in [6, 6.07) is 17.2. The first-order chi connectivity index (χ1) is 13.6. The minimum atomic E-state index is -0.0833. The molecule has 1 N–H and O–H groups in total. The van der Waals surface area contributed by atoms with Gasteiger partial charge in [-0.2, -0.15) is 0 Å². The van der Waals surface area contributed by atoms with Gasteiger partial charge in [0.2, 0.25) is 11.8 Å². The third kappa shape index (κ3) is 4.03. The lowest BCUT2D eigenvalue weighted by molar-refractivity contribution is -0.140. The molecule has 3 aliphatic rings. The molecular weight excluding hydrogens is 352 g/mol. The second-order valence-corrected chi connectivity index (χ2v) is 7.85. The number of hydrogen-bond acceptors (Lipinski definition) is 3. The van der Waals surface area contributed by atoms with E-state index < -0.39 is 0 Å². The van der Waals surface area contributed by atoms with Crippen LogP contribution >= 0.6 is 0 Å². The van der Waals surface area contributed by atoms with E-state index in [9.17, 15) is 14.7 Å². The predicted octanol–water partition coefficient (Wildman–Crippen LogP) is 2.97. The molecule has 28 heavy (non-hydrogen) atoms. The van der Waals surface area contributed by atoms with Crippen LogP contribution in [0.3, 0.4) is 0 Å². The van der Waals surface area contributed by atoms with Gasteiger partial charge in [0.15, 0.2) is 0 Å². The fraction of sp³-hybridized carbons (Fsp3) is 0.391. The number of aromatic hydroxyl groups is 1. The maximum absolute atomic E-state index is 13.0. The fourth-order valence-electron chi connectivity index (χ4n) is 4.30. The van der Waals surface area contributed by atoms with Crippen LogP contribution < -0.4 is 0 Å². The molecule has 0 radical (unpaired) electrons. The molecule has 2 aromatic carbocycles. The molecule has 3 heterocycles. The quantitative estimate of drug-likeness (QED) is 0.870. The molecule has 2 aromatic rings. The molecule has 3 saturated heterocycles. The molecule has 5 nitrogen and oxygen atoms in total. The summed E-state index contributed by atoms with van der Waals surface area (Å²) < 4.78 is 0. The highest BCUT2D eigenvalue weighted by atomic mass is 16.3. The standard InChI is InChI=1S/C23H26N2O3/c26-21-11-6-17(7-12-21)8-13-22(27)24-15-19-9-10-20(16-24)25(23(19)28)14-18-4-2-1-3-5-18/h1-7,11-12,19-20,26H,8-10,13-16H2. The Kier molecular flexibility index (Phi) is 5.33. The molecule has 2 atom stereocenters. The van der Waals surface area contributed by atoms with Crippen molar-refractivity contribution in [2.24, 2.45) is 5.92 Å². The van der Waals surface area contributed by atoms with E-state index in [1.54, 1.807) is 12.1 Å². The van der Waals surface area contributed by atoms with E-state index in [1.165, 1.54) is 0 Å². The molecule has 146 valence electrons. The Bertz CT molecular complexity index is 835. The summed E-state index contributed by atoms with van der Waals surface area (Å²) in [5, 5.41) is 9.38. The van der Waals surface area contributed by atoms with Gasteiger partial charge in [-0.05, 0) is 42.5 Å². The van der Waals surface area contributed by atoms with Crippen LogP contribution in [0.25, 0.3) is 0 Å². The maximum Gasteiger partial charge on any atom is 0.228 e. The van der Waals surface area contributed by atoms with E-state index in [0.29, 0.717) is 32.5 Å². The third-order valence-corrected chi connectivity index (χ3v) is 5.91. The fourth-order valence-corrected chi connectivity index (χ4v) is 4.30. The van der Waals surface area contributed by atoms with Crippen molar-refractivity contribution in [3.63, 3.8) is 0 Å². The topological polar surface area (TPSA) is 60.9 Å². The van der Waals surface area contributed by atoms with Crippen LogP contribution in [-0.4, -0.2) is 45.9 Å². The van der Waals surface area contributed by atoms with Crippen LogP contribution in [0.2, 0.25) is 0 Å². The van der Waals surface area contributed by atoms with E-state index in [0.717, 1.165) is 24.0 Å². The molecule has 2 unspecified atom stereocenters. The number of phenolic OH excluding ortho intramolecular Hbond substituents is 1. The van der Waals surface area contributed by atoms with Gasteiger partial charge in [0.1, 0.15) is 5.75 Å². The molecule has 5 heteroatoms. The monoisotopic (exact) mass is 378 g/mol. The molecule has 0 aromatic heterocycles. The summed E-state index contributed by atoms with van der Waals surface area (Å²) in [6.07, 6.45) is 2.91. The molecule has 2 amide bonds. The second-order valence-electron chi connectivity index (χ2n) is 7.85. The number of phenols is 1. The Morgan fingerprint density at radius 1 is 0.964 bits per heavy atom. The SMILES string of the molecule is O=C(CCc1ccc(O)cc1)N1CC2CCC(C1)N(Cc1ccccc1)C2=O. The zero-order valence-corrected chi connectivity index (χ0v) is 16.0. The van der Waals surface area contributed by atoms with Crippen molar-refractivity contribution in [2.45, 2.75) is 38.3 Å². The summed E-state index contributed by atoms with van der Waals surface area (Å²) in [6.45, 7) is 1.79. The van der Waals surface area contributed by atoms with Gasteiger partial charge >= 0.3 is 0 Å². The number of carbonyl (C=O) groups is 2. The largest absolute Gasteiger partial charge is 0.508 e. The van der Waals surface area contributed by atoms with E-state index in [-0.39, 0.29) is 29.5 Å². The third-order valence-electron chi connectivity index (χ3n) is 5.91. The number of carbonyl (C=O) groups excluding carboxylic acids is 2. The number of nitrogens with zero attached hydrogens (tertiary/aromatic N) is 2. The number of rotatable bonds is 5. The van der Waals surface area contributed by atoms with Gasteiger partial charge in [-0.25, -0.2) is 0 Å². The molecule has 0 aliphatic carbocycles. The van der Waals surface area contributed by atoms with Crippen molar-refractivity contribution < 1.29 is 14.7 Å². The van der Waals surface area contributed by atoms with E-state index in [2.05, 4.69) is 0 Å². The summed E-state index contributed by atoms with van der Waals surface area (Å²) in [5.74, 6) is 0.449. The van der Waals surface area contributed by atoms with Gasteiger partial charge in [0, 0.05) is 32.1 Å². The van der Waals surface area contributed by atoms with Crippen molar-refractivity contribution in [3.05, 3.63) is 65.7 Å². The molecule has 0 spiro atoms. The van der Waals surface area contributed by atoms with Gasteiger partial charge in [-0.1, -0.05) is 42.5 Å². The number of benzene rings is 2. The summed E-state index contributed by atoms with van der Waals surface area (Å²) in [7, 11) is 0. The Morgan fingerprint density at radius 3 is 2.46 bits per heavy atom. The summed E-state index contributed by atoms with van der Waals surface area (Å²) >= 11 is 0. The maximum atomic E-state index is 13.0. The normalized spacial score (nSPS) is 21.6. The van der Waals surface area contributed by atoms with Crippen molar-refractivity contribution in [3.8, 4) is 5.75 Å². The molecule has 2 bridgehead atoms. The first kappa shape index (κ1) is 18.5. The highest BCUT2D eigenvalue weighted by molar-refractivity contribution is 5.83. The number of piperidine rings is 1. The Balaban J connectivity index is 1.41. The lowest BCUT2D eigenvalue weighted by Crippen LogP contribution is -2.47. The Morgan fingerprint density at radius 2 is 1.71 bits per heavy atom. The van der Waals surface area contributed by atoms with Gasteiger partial charge in [0.25, 0.3) is 0 Å². The molecule has 3 aliphatic heterocycles. The van der Waals surface area contributed by atoms with Crippen molar-refractivity contribution >= 4 is 11.8 Å². The lowest BCUT2D eigenvalue weighted by atomic mass is 9.93. The van der Waals surface area contributed by atoms with Crippen LogP contribution in [0.1, 0.15) is 30.4 Å². The lowest BCUT2D eigenvalue weighted by Gasteiger charge is -2.36. The first-order valence-electron chi connectivity index (χ1n) is 10.0. The minimum Gasteiger partial charge on any atom is -0.508 e. The Hall–Kier alpha value is -2.82. The molecule has 0 saturated carbocycles. The molecule has 3 fully saturated rings. The number of amides is 2. The van der Waals surface area contributed by atoms with Crippen LogP contribution in [0, 0.1) is 5.92 Å². The summed E-state index contributed by atoms with van der Waals surface area (Å²) in [4.78, 5) is 29.7. The number of hydrogen-bond donors (Lipinski definition) is 1. The van der Waals surface area contributed by atoms with Gasteiger partial charge in [-0.15, -0.1) is 0 Å². The highest BCUT2D eigenvalue weighted by Crippen LogP contribution is 2.30. The van der Waals surface area contributed by atoms with Crippen molar-refractivity contribution in [2.75, 3.05) is 13.1 Å². The second kappa shape index (κ2) is 8.05. The van der Waals surface area contributed by atoms with E-state index in [4.69, 9.17) is 0 Å².